The number of hydrogen-bond acceptors (Lipinski definition) is 14. The van der Waals surface area contributed by atoms with E-state index in [0.717, 1.165) is 16.5 Å². The van der Waals surface area contributed by atoms with E-state index in [0.29, 0.717) is 47.4 Å². The first-order valence-corrected chi connectivity index (χ1v) is 19.9. The third-order valence-electron chi connectivity index (χ3n) is 9.15. The number of hydrogen-bond donors (Lipinski definition) is 3. The summed E-state index contributed by atoms with van der Waals surface area (Å²) >= 11 is 0. The molecular formula is C39H44N6O12S. The smallest absolute Gasteiger partial charge is 0.458 e. The van der Waals surface area contributed by atoms with Crippen LogP contribution in [0.2, 0.25) is 0 Å². The van der Waals surface area contributed by atoms with E-state index in [-0.39, 0.29) is 43.5 Å². The molecule has 3 heterocycles. The van der Waals surface area contributed by atoms with Crippen LogP contribution in [0.3, 0.4) is 0 Å². The lowest BCUT2D eigenvalue weighted by Gasteiger charge is -2.25. The second-order valence-electron chi connectivity index (χ2n) is 13.8. The van der Waals surface area contributed by atoms with Crippen LogP contribution >= 0.6 is 0 Å². The lowest BCUT2D eigenvalue weighted by Crippen LogP contribution is -2.37. The van der Waals surface area contributed by atoms with Gasteiger partial charge < -0.3 is 40.2 Å². The van der Waals surface area contributed by atoms with Crippen LogP contribution in [0.15, 0.2) is 65.8 Å². The first-order chi connectivity index (χ1) is 27.5. The normalized spacial score (nSPS) is 16.0. The van der Waals surface area contributed by atoms with Crippen molar-refractivity contribution in [1.29, 1.82) is 0 Å². The number of nitrogens with zero attached hydrogens (tertiary/aromatic N) is 3. The van der Waals surface area contributed by atoms with Crippen LogP contribution in [0.1, 0.15) is 36.2 Å². The van der Waals surface area contributed by atoms with Gasteiger partial charge in [0.2, 0.25) is 33.8 Å². The van der Waals surface area contributed by atoms with Gasteiger partial charge in [-0.05, 0) is 55.7 Å². The number of benzene rings is 2. The van der Waals surface area contributed by atoms with Crippen molar-refractivity contribution >= 4 is 68.4 Å². The molecule has 308 valence electrons. The Morgan fingerprint density at radius 1 is 1.09 bits per heavy atom. The van der Waals surface area contributed by atoms with E-state index in [9.17, 15) is 37.2 Å². The number of para-hydroxylation sites is 1. The fourth-order valence-corrected chi connectivity index (χ4v) is 7.66. The van der Waals surface area contributed by atoms with Crippen molar-refractivity contribution in [3.63, 3.8) is 0 Å². The number of rotatable bonds is 17. The minimum Gasteiger partial charge on any atom is -0.458 e. The summed E-state index contributed by atoms with van der Waals surface area (Å²) in [5.41, 5.74) is 9.52. The Morgan fingerprint density at radius 2 is 1.81 bits per heavy atom. The number of sulfonamides is 1. The largest absolute Gasteiger partial charge is 0.509 e. The number of carbonyl (C=O) groups excluding carboxylic acids is 6. The van der Waals surface area contributed by atoms with Crippen molar-refractivity contribution < 1.29 is 56.1 Å². The molecule has 0 bridgehead atoms. The number of fused-ring (bicyclic) bond motifs is 2. The molecule has 3 amide bonds. The highest BCUT2D eigenvalue weighted by molar-refractivity contribution is 7.88. The highest BCUT2D eigenvalue weighted by atomic mass is 32.2. The van der Waals surface area contributed by atoms with Crippen molar-refractivity contribution in [3.8, 4) is 0 Å². The van der Waals surface area contributed by atoms with Gasteiger partial charge >= 0.3 is 12.1 Å². The lowest BCUT2D eigenvalue weighted by molar-refractivity contribution is -0.153. The van der Waals surface area contributed by atoms with E-state index in [2.05, 4.69) is 10.6 Å². The number of amides is 3. The van der Waals surface area contributed by atoms with E-state index >= 15 is 0 Å². The van der Waals surface area contributed by atoms with Crippen molar-refractivity contribution in [3.05, 3.63) is 88.1 Å². The summed E-state index contributed by atoms with van der Waals surface area (Å²) in [6.07, 6.45) is 0.824. The van der Waals surface area contributed by atoms with E-state index in [1.165, 1.54) is 22.7 Å². The van der Waals surface area contributed by atoms with Crippen molar-refractivity contribution in [2.24, 2.45) is 5.73 Å². The number of ether oxygens (including phenoxy) is 4. The van der Waals surface area contributed by atoms with Crippen LogP contribution in [0.5, 0.6) is 0 Å². The molecule has 5 rings (SSSR count). The number of anilines is 1. The summed E-state index contributed by atoms with van der Waals surface area (Å²) in [6, 6.07) is 13.5. The van der Waals surface area contributed by atoms with Crippen molar-refractivity contribution in [2.75, 3.05) is 51.5 Å². The zero-order valence-corrected chi connectivity index (χ0v) is 33.1. The van der Waals surface area contributed by atoms with Gasteiger partial charge in [0.25, 0.3) is 0 Å². The number of cyclic esters (lactones) is 1. The molecule has 4 N–H and O–H groups in total. The number of carbonyl (C=O) groups is 6. The number of aromatic nitrogens is 1. The molecule has 0 spiro atoms. The third-order valence-corrected chi connectivity index (χ3v) is 10.6. The van der Waals surface area contributed by atoms with E-state index < -0.39 is 59.2 Å². The molecule has 0 saturated heterocycles. The van der Waals surface area contributed by atoms with Gasteiger partial charge in [-0.1, -0.05) is 30.3 Å². The fourth-order valence-electron chi connectivity index (χ4n) is 6.47. The molecule has 3 aromatic rings. The van der Waals surface area contributed by atoms with Gasteiger partial charge in [0, 0.05) is 54.0 Å². The zero-order valence-electron chi connectivity index (χ0n) is 32.3. The van der Waals surface area contributed by atoms with Crippen LogP contribution in [-0.2, 0) is 72.5 Å². The highest BCUT2D eigenvalue weighted by Crippen LogP contribution is 2.38. The minimum absolute atomic E-state index is 0.0714. The summed E-state index contributed by atoms with van der Waals surface area (Å²) in [7, 11) is -1.67. The Bertz CT molecular complexity index is 2270. The average Bonchev–Trinajstić information content (AvgIpc) is 3.47. The van der Waals surface area contributed by atoms with Gasteiger partial charge in [-0.3, -0.25) is 19.2 Å². The SMILES string of the molecule is CC(C)N(CCc1c2c(nc3ccccc13)/C(=C/C1=C(C=O)COC(=O)C1OC(=O)OCc1ccc(NC(=O)CNC(=O)COCC(N)=O)cc1)N(C)C2)S(C)(=O)=O. The average molecular weight is 821 g/mol. The summed E-state index contributed by atoms with van der Waals surface area (Å²) in [5, 5.41) is 5.79. The monoisotopic (exact) mass is 820 g/mol. The summed E-state index contributed by atoms with van der Waals surface area (Å²) in [6.45, 7) is 2.41. The number of nitrogens with two attached hydrogens (primary N) is 1. The maximum Gasteiger partial charge on any atom is 0.509 e. The number of aldehydes is 1. The number of esters is 1. The zero-order chi connectivity index (χ0) is 42.1. The molecule has 0 fully saturated rings. The molecule has 0 radical (unpaired) electrons. The second kappa shape index (κ2) is 18.8. The Hall–Kier alpha value is -6.18. The summed E-state index contributed by atoms with van der Waals surface area (Å²) in [5.74, 6) is -2.80. The summed E-state index contributed by atoms with van der Waals surface area (Å²) in [4.78, 5) is 79.7. The molecule has 58 heavy (non-hydrogen) atoms. The lowest BCUT2D eigenvalue weighted by atomic mass is 9.96. The third kappa shape index (κ3) is 10.8. The molecule has 2 aliphatic heterocycles. The van der Waals surface area contributed by atoms with Gasteiger partial charge in [0.1, 0.15) is 32.7 Å². The topological polar surface area (TPSA) is 243 Å². The maximum absolute atomic E-state index is 13.1. The molecule has 0 aliphatic carbocycles. The maximum atomic E-state index is 13.1. The molecule has 18 nitrogen and oxygen atoms in total. The van der Waals surface area contributed by atoms with Crippen LogP contribution in [-0.4, -0.2) is 117 Å². The standard InChI is InChI=1S/C39H44N6O12S/c1-23(2)45(58(4,52)53)14-13-27-28-7-5-6-8-31(28)43-36-30(27)17-44(3)32(36)15-29-25(18-46)20-55-38(50)37(29)57-39(51)56-19-24-9-11-26(12-10-24)42-34(48)16-41-35(49)22-54-21-33(40)47/h5-12,15,18,23,37H,13-14,16-17,19-22H2,1-4H3,(H2,40,47)(H,41,49)(H,42,48)/b32-15-. The molecular weight excluding hydrogens is 777 g/mol. The van der Waals surface area contributed by atoms with Crippen LogP contribution in [0, 0.1) is 0 Å². The van der Waals surface area contributed by atoms with Crippen LogP contribution in [0.4, 0.5) is 10.5 Å². The minimum atomic E-state index is -3.48. The van der Waals surface area contributed by atoms with E-state index in [4.69, 9.17) is 29.7 Å². The van der Waals surface area contributed by atoms with Gasteiger partial charge in [-0.25, -0.2) is 23.0 Å². The van der Waals surface area contributed by atoms with Gasteiger partial charge in [0.05, 0.1) is 29.7 Å². The van der Waals surface area contributed by atoms with Gasteiger partial charge in [-0.15, -0.1) is 0 Å². The summed E-state index contributed by atoms with van der Waals surface area (Å²) < 4.78 is 47.3. The molecule has 19 heteroatoms. The van der Waals surface area contributed by atoms with Crippen molar-refractivity contribution in [2.45, 2.75) is 45.6 Å². The Balaban J connectivity index is 1.29. The Kier molecular flexibility index (Phi) is 14.0. The van der Waals surface area contributed by atoms with Gasteiger partial charge in [-0.2, -0.15) is 4.31 Å². The number of primary amides is 1. The second-order valence-corrected chi connectivity index (χ2v) is 15.7. The molecule has 1 aromatic heterocycles. The first kappa shape index (κ1) is 43.0. The van der Waals surface area contributed by atoms with Crippen LogP contribution in [0.25, 0.3) is 16.6 Å². The molecule has 0 saturated carbocycles. The molecule has 2 aliphatic rings. The van der Waals surface area contributed by atoms with E-state index in [1.807, 2.05) is 50.1 Å². The quantitative estimate of drug-likeness (QED) is 0.129. The number of nitrogens with one attached hydrogen (secondary N) is 2. The Labute approximate surface area is 334 Å². The van der Waals surface area contributed by atoms with Crippen molar-refractivity contribution in [1.82, 2.24) is 19.5 Å². The molecule has 1 atom stereocenters. The Morgan fingerprint density at radius 3 is 2.48 bits per heavy atom. The predicted octanol–water partition coefficient (Wildman–Crippen LogP) is 1.56. The van der Waals surface area contributed by atoms with E-state index in [1.54, 1.807) is 18.2 Å². The van der Waals surface area contributed by atoms with Crippen LogP contribution < -0.4 is 16.4 Å². The fraction of sp³-hybridized carbons (Fsp3) is 0.359. The predicted molar refractivity (Wildman–Crippen MR) is 209 cm³/mol. The molecule has 2 aromatic carbocycles. The van der Waals surface area contributed by atoms with Gasteiger partial charge in [0.15, 0.2) is 0 Å². The number of pyridine rings is 1. The molecule has 1 unspecified atom stereocenters. The highest BCUT2D eigenvalue weighted by Gasteiger charge is 2.37. The first-order valence-electron chi connectivity index (χ1n) is 18.1.